The number of imidazole rings is 1. The summed E-state index contributed by atoms with van der Waals surface area (Å²) >= 11 is 0. The maximum Gasteiger partial charge on any atom is 0.161 e. The van der Waals surface area contributed by atoms with E-state index in [9.17, 15) is 0 Å². The average Bonchev–Trinajstić information content (AvgIpc) is 2.65. The molecule has 0 unspecified atom stereocenters. The second-order valence-corrected chi connectivity index (χ2v) is 4.02. The first-order chi connectivity index (χ1) is 8.58. The zero-order valence-corrected chi connectivity index (χ0v) is 11.0. The summed E-state index contributed by atoms with van der Waals surface area (Å²) in [5.74, 6) is 2.86. The predicted octanol–water partition coefficient (Wildman–Crippen LogP) is 1.99. The van der Waals surface area contributed by atoms with E-state index in [1.54, 1.807) is 14.2 Å². The molecule has 2 rings (SSSR count). The number of anilines is 1. The monoisotopic (exact) mass is 247 g/mol. The SMILES string of the molecule is COc1ccc(-c2nc(C)n(C)c2N)cc1OC. The number of aromatic nitrogens is 2. The van der Waals surface area contributed by atoms with Crippen LogP contribution in [0.15, 0.2) is 18.2 Å². The zero-order valence-electron chi connectivity index (χ0n) is 11.0. The van der Waals surface area contributed by atoms with Crippen LogP contribution < -0.4 is 15.2 Å². The number of benzene rings is 1. The maximum absolute atomic E-state index is 6.03. The van der Waals surface area contributed by atoms with E-state index >= 15 is 0 Å². The van der Waals surface area contributed by atoms with Crippen LogP contribution in [0.2, 0.25) is 0 Å². The Morgan fingerprint density at radius 1 is 1.17 bits per heavy atom. The molecule has 0 saturated carbocycles. The lowest BCUT2D eigenvalue weighted by Gasteiger charge is -2.08. The highest BCUT2D eigenvalue weighted by atomic mass is 16.5. The maximum atomic E-state index is 6.03. The fourth-order valence-corrected chi connectivity index (χ4v) is 1.82. The number of hydrogen-bond acceptors (Lipinski definition) is 4. The van der Waals surface area contributed by atoms with Crippen molar-refractivity contribution in [3.63, 3.8) is 0 Å². The molecule has 0 atom stereocenters. The predicted molar refractivity (Wildman–Crippen MR) is 70.9 cm³/mol. The van der Waals surface area contributed by atoms with Crippen LogP contribution in [0.1, 0.15) is 5.82 Å². The third kappa shape index (κ3) is 1.88. The normalized spacial score (nSPS) is 10.4. The highest BCUT2D eigenvalue weighted by Gasteiger charge is 2.13. The van der Waals surface area contributed by atoms with Gasteiger partial charge in [0.1, 0.15) is 17.3 Å². The topological polar surface area (TPSA) is 62.3 Å². The van der Waals surface area contributed by atoms with Crippen LogP contribution in [0.4, 0.5) is 5.82 Å². The smallest absolute Gasteiger partial charge is 0.161 e. The van der Waals surface area contributed by atoms with E-state index in [1.807, 2.05) is 36.7 Å². The zero-order chi connectivity index (χ0) is 13.3. The van der Waals surface area contributed by atoms with E-state index in [-0.39, 0.29) is 0 Å². The van der Waals surface area contributed by atoms with Gasteiger partial charge < -0.3 is 19.8 Å². The molecule has 5 heteroatoms. The van der Waals surface area contributed by atoms with E-state index in [4.69, 9.17) is 15.2 Å². The van der Waals surface area contributed by atoms with Crippen molar-refractivity contribution in [3.8, 4) is 22.8 Å². The van der Waals surface area contributed by atoms with Crippen LogP contribution in [0, 0.1) is 6.92 Å². The highest BCUT2D eigenvalue weighted by Crippen LogP contribution is 2.34. The third-order valence-electron chi connectivity index (χ3n) is 3.02. The van der Waals surface area contributed by atoms with Gasteiger partial charge in [-0.2, -0.15) is 0 Å². The summed E-state index contributed by atoms with van der Waals surface area (Å²) in [6.45, 7) is 1.92. The molecule has 1 aromatic carbocycles. The van der Waals surface area contributed by atoms with Crippen molar-refractivity contribution in [2.45, 2.75) is 6.92 Å². The van der Waals surface area contributed by atoms with Crippen molar-refractivity contribution >= 4 is 5.82 Å². The summed E-state index contributed by atoms with van der Waals surface area (Å²) in [6.07, 6.45) is 0. The quantitative estimate of drug-likeness (QED) is 0.901. The van der Waals surface area contributed by atoms with Gasteiger partial charge in [-0.3, -0.25) is 0 Å². The number of rotatable bonds is 3. The molecule has 1 heterocycles. The van der Waals surface area contributed by atoms with Crippen molar-refractivity contribution in [1.82, 2.24) is 9.55 Å². The van der Waals surface area contributed by atoms with Crippen LogP contribution in [-0.4, -0.2) is 23.8 Å². The minimum atomic E-state index is 0.639. The number of nitrogen functional groups attached to an aromatic ring is 1. The minimum absolute atomic E-state index is 0.639. The van der Waals surface area contributed by atoms with Crippen molar-refractivity contribution < 1.29 is 9.47 Å². The molecule has 0 aliphatic rings. The van der Waals surface area contributed by atoms with E-state index in [0.29, 0.717) is 17.3 Å². The van der Waals surface area contributed by atoms with Gasteiger partial charge in [0.15, 0.2) is 11.5 Å². The molecule has 0 radical (unpaired) electrons. The molecule has 0 aliphatic carbocycles. The molecule has 5 nitrogen and oxygen atoms in total. The Balaban J connectivity index is 2.54. The first-order valence-electron chi connectivity index (χ1n) is 5.59. The first-order valence-corrected chi connectivity index (χ1v) is 5.59. The molecule has 1 aromatic heterocycles. The highest BCUT2D eigenvalue weighted by molar-refractivity contribution is 5.73. The van der Waals surface area contributed by atoms with Crippen LogP contribution in [0.25, 0.3) is 11.3 Å². The lowest BCUT2D eigenvalue weighted by Crippen LogP contribution is -1.98. The summed E-state index contributed by atoms with van der Waals surface area (Å²) in [6, 6.07) is 5.63. The van der Waals surface area contributed by atoms with Gasteiger partial charge in [-0.15, -0.1) is 0 Å². The molecule has 0 saturated heterocycles. The van der Waals surface area contributed by atoms with Crippen molar-refractivity contribution in [2.24, 2.45) is 7.05 Å². The van der Waals surface area contributed by atoms with Crippen LogP contribution in [0.3, 0.4) is 0 Å². The number of ether oxygens (including phenoxy) is 2. The van der Waals surface area contributed by atoms with E-state index in [0.717, 1.165) is 17.1 Å². The van der Waals surface area contributed by atoms with Crippen molar-refractivity contribution in [3.05, 3.63) is 24.0 Å². The molecule has 18 heavy (non-hydrogen) atoms. The second-order valence-electron chi connectivity index (χ2n) is 4.02. The molecule has 0 amide bonds. The Labute approximate surface area is 106 Å². The average molecular weight is 247 g/mol. The number of methoxy groups -OCH3 is 2. The van der Waals surface area contributed by atoms with Crippen LogP contribution >= 0.6 is 0 Å². The number of nitrogens with two attached hydrogens (primary N) is 1. The molecule has 0 spiro atoms. The summed E-state index contributed by atoms with van der Waals surface area (Å²) in [7, 11) is 5.10. The van der Waals surface area contributed by atoms with Crippen LogP contribution in [-0.2, 0) is 7.05 Å². The molecule has 2 N–H and O–H groups in total. The first kappa shape index (κ1) is 12.3. The fourth-order valence-electron chi connectivity index (χ4n) is 1.82. The molecular formula is C13H17N3O2. The van der Waals surface area contributed by atoms with Gasteiger partial charge in [0, 0.05) is 12.6 Å². The van der Waals surface area contributed by atoms with E-state index in [1.165, 1.54) is 0 Å². The Morgan fingerprint density at radius 2 is 1.83 bits per heavy atom. The van der Waals surface area contributed by atoms with Crippen LogP contribution in [0.5, 0.6) is 11.5 Å². The molecule has 0 bridgehead atoms. The Bertz CT molecular complexity index is 576. The Kier molecular flexibility index (Phi) is 3.14. The fraction of sp³-hybridized carbons (Fsp3) is 0.308. The standard InChI is InChI=1S/C13H17N3O2/c1-8-15-12(13(14)16(8)2)9-5-6-10(17-3)11(7-9)18-4/h5-7H,14H2,1-4H3. The van der Waals surface area contributed by atoms with Gasteiger partial charge in [0.25, 0.3) is 0 Å². The summed E-state index contributed by atoms with van der Waals surface area (Å²) in [4.78, 5) is 4.45. The summed E-state index contributed by atoms with van der Waals surface area (Å²) < 4.78 is 12.3. The molecule has 0 fully saturated rings. The van der Waals surface area contributed by atoms with Gasteiger partial charge in [0.05, 0.1) is 14.2 Å². The van der Waals surface area contributed by atoms with Gasteiger partial charge in [-0.1, -0.05) is 0 Å². The Morgan fingerprint density at radius 3 is 2.33 bits per heavy atom. The number of aryl methyl sites for hydroxylation is 1. The van der Waals surface area contributed by atoms with Crippen molar-refractivity contribution in [1.29, 1.82) is 0 Å². The van der Waals surface area contributed by atoms with Crippen molar-refractivity contribution in [2.75, 3.05) is 20.0 Å². The molecule has 2 aromatic rings. The number of hydrogen-bond donors (Lipinski definition) is 1. The van der Waals surface area contributed by atoms with E-state index < -0.39 is 0 Å². The van der Waals surface area contributed by atoms with Gasteiger partial charge >= 0.3 is 0 Å². The van der Waals surface area contributed by atoms with Gasteiger partial charge in [0.2, 0.25) is 0 Å². The Hall–Kier alpha value is -2.17. The molecular weight excluding hydrogens is 230 g/mol. The molecule has 96 valence electrons. The van der Waals surface area contributed by atoms with Gasteiger partial charge in [-0.05, 0) is 25.1 Å². The lowest BCUT2D eigenvalue weighted by molar-refractivity contribution is 0.355. The summed E-state index contributed by atoms with van der Waals surface area (Å²) in [5.41, 5.74) is 7.70. The lowest BCUT2D eigenvalue weighted by atomic mass is 10.1. The molecule has 0 aliphatic heterocycles. The van der Waals surface area contributed by atoms with Gasteiger partial charge in [-0.25, -0.2) is 4.98 Å². The minimum Gasteiger partial charge on any atom is -0.493 e. The largest absolute Gasteiger partial charge is 0.493 e. The second kappa shape index (κ2) is 4.60. The third-order valence-corrected chi connectivity index (χ3v) is 3.02. The summed E-state index contributed by atoms with van der Waals surface area (Å²) in [5, 5.41) is 0. The van der Waals surface area contributed by atoms with E-state index in [2.05, 4.69) is 4.98 Å². The number of nitrogens with zero attached hydrogens (tertiary/aromatic N) is 2.